The molecule has 0 amide bonds. The first-order valence-corrected chi connectivity index (χ1v) is 11.4. The monoisotopic (exact) mass is 471 g/mol. The quantitative estimate of drug-likeness (QED) is 0.432. The number of hydrogen-bond acceptors (Lipinski definition) is 6. The number of anilines is 1. The van der Waals surface area contributed by atoms with E-state index in [9.17, 15) is 17.2 Å². The zero-order valence-corrected chi connectivity index (χ0v) is 18.5. The maximum Gasteiger partial charge on any atom is 0.238 e. The Morgan fingerprint density at radius 3 is 2.24 bits per heavy atom. The van der Waals surface area contributed by atoms with E-state index < -0.39 is 27.4 Å². The van der Waals surface area contributed by atoms with Crippen molar-refractivity contribution in [1.82, 2.24) is 19.7 Å². The highest BCUT2D eigenvalue weighted by Gasteiger charge is 2.14. The third kappa shape index (κ3) is 5.50. The van der Waals surface area contributed by atoms with Crippen molar-refractivity contribution in [3.8, 4) is 17.4 Å². The van der Waals surface area contributed by atoms with Gasteiger partial charge in [-0.05, 0) is 61.9 Å². The fourth-order valence-corrected chi connectivity index (χ4v) is 4.24. The Kier molecular flexibility index (Phi) is 6.05. The number of imidazole rings is 1. The summed E-state index contributed by atoms with van der Waals surface area (Å²) in [4.78, 5) is 4.23. The lowest BCUT2D eigenvalue weighted by Crippen LogP contribution is -2.15. The summed E-state index contributed by atoms with van der Waals surface area (Å²) < 4.78 is 61.1. The van der Waals surface area contributed by atoms with Crippen molar-refractivity contribution in [2.24, 2.45) is 0 Å². The maximum atomic E-state index is 13.3. The Hall–Kier alpha value is -3.86. The van der Waals surface area contributed by atoms with Crippen LogP contribution in [-0.2, 0) is 15.8 Å². The van der Waals surface area contributed by atoms with E-state index in [2.05, 4.69) is 19.9 Å². The molecule has 2 heterocycles. The smallest absolute Gasteiger partial charge is 0.238 e. The van der Waals surface area contributed by atoms with Crippen molar-refractivity contribution in [2.75, 3.05) is 4.72 Å². The summed E-state index contributed by atoms with van der Waals surface area (Å²) in [6.07, 6.45) is 1.67. The van der Waals surface area contributed by atoms with Crippen LogP contribution in [0.2, 0.25) is 0 Å². The minimum atomic E-state index is -3.88. The molecule has 2 aromatic carbocycles. The van der Waals surface area contributed by atoms with Gasteiger partial charge in [0.25, 0.3) is 0 Å². The van der Waals surface area contributed by atoms with Gasteiger partial charge in [0.15, 0.2) is 5.82 Å². The highest BCUT2D eigenvalue weighted by molar-refractivity contribution is 7.91. The lowest BCUT2D eigenvalue weighted by Gasteiger charge is -2.10. The van der Waals surface area contributed by atoms with Crippen LogP contribution in [0.25, 0.3) is 5.82 Å². The number of halogens is 2. The van der Waals surface area contributed by atoms with Gasteiger partial charge in [0.2, 0.25) is 15.9 Å². The third-order valence-electron chi connectivity index (χ3n) is 4.75. The van der Waals surface area contributed by atoms with Crippen LogP contribution in [0.3, 0.4) is 0 Å². The standard InChI is InChI=1S/C22H19F2N5O3S/c1-14-15(2)29(13-25-14)21-7-8-22(27-26-21)32-20-5-3-19(4-6-20)28-33(30,31)12-16-9-17(23)11-18(24)10-16/h3-11,13,28H,12H2,1-2H3. The predicted molar refractivity (Wildman–Crippen MR) is 118 cm³/mol. The van der Waals surface area contributed by atoms with E-state index in [4.69, 9.17) is 4.74 Å². The number of hydrogen-bond donors (Lipinski definition) is 1. The Morgan fingerprint density at radius 1 is 0.970 bits per heavy atom. The Balaban J connectivity index is 1.40. The van der Waals surface area contributed by atoms with Crippen molar-refractivity contribution in [3.05, 3.63) is 89.5 Å². The van der Waals surface area contributed by atoms with E-state index in [0.29, 0.717) is 17.6 Å². The maximum absolute atomic E-state index is 13.3. The van der Waals surface area contributed by atoms with Crippen molar-refractivity contribution in [1.29, 1.82) is 0 Å². The van der Waals surface area contributed by atoms with Gasteiger partial charge in [0.1, 0.15) is 23.7 Å². The van der Waals surface area contributed by atoms with E-state index in [1.54, 1.807) is 30.6 Å². The van der Waals surface area contributed by atoms with Crippen LogP contribution >= 0.6 is 0 Å². The molecule has 11 heteroatoms. The predicted octanol–water partition coefficient (Wildman–Crippen LogP) is 4.29. The lowest BCUT2D eigenvalue weighted by atomic mass is 10.2. The molecule has 0 aliphatic heterocycles. The van der Waals surface area contributed by atoms with Gasteiger partial charge in [-0.25, -0.2) is 22.2 Å². The fourth-order valence-electron chi connectivity index (χ4n) is 3.07. The molecule has 8 nitrogen and oxygen atoms in total. The summed E-state index contributed by atoms with van der Waals surface area (Å²) in [5, 5.41) is 8.19. The molecule has 170 valence electrons. The van der Waals surface area contributed by atoms with E-state index >= 15 is 0 Å². The normalized spacial score (nSPS) is 11.4. The van der Waals surface area contributed by atoms with E-state index in [-0.39, 0.29) is 17.1 Å². The average Bonchev–Trinajstić information content (AvgIpc) is 3.07. The van der Waals surface area contributed by atoms with Gasteiger partial charge in [0.05, 0.1) is 11.4 Å². The molecule has 0 radical (unpaired) electrons. The topological polar surface area (TPSA) is 99.0 Å². The number of nitrogens with one attached hydrogen (secondary N) is 1. The lowest BCUT2D eigenvalue weighted by molar-refractivity contribution is 0.454. The largest absolute Gasteiger partial charge is 0.438 e. The molecular weight excluding hydrogens is 452 g/mol. The van der Waals surface area contributed by atoms with Crippen LogP contribution in [-0.4, -0.2) is 28.2 Å². The molecule has 1 N–H and O–H groups in total. The van der Waals surface area contributed by atoms with Crippen molar-refractivity contribution < 1.29 is 21.9 Å². The molecule has 4 aromatic rings. The van der Waals surface area contributed by atoms with Crippen LogP contribution < -0.4 is 9.46 Å². The van der Waals surface area contributed by atoms with Crippen molar-refractivity contribution in [2.45, 2.75) is 19.6 Å². The number of nitrogens with zero attached hydrogens (tertiary/aromatic N) is 4. The summed E-state index contributed by atoms with van der Waals surface area (Å²) in [6.45, 7) is 3.84. The Morgan fingerprint density at radius 2 is 1.67 bits per heavy atom. The summed E-state index contributed by atoms with van der Waals surface area (Å²) in [5.74, 6) is -0.973. The van der Waals surface area contributed by atoms with E-state index in [1.807, 2.05) is 18.4 Å². The van der Waals surface area contributed by atoms with Gasteiger partial charge in [-0.2, -0.15) is 0 Å². The molecule has 2 aromatic heterocycles. The van der Waals surface area contributed by atoms with Crippen LogP contribution in [0.1, 0.15) is 17.0 Å². The van der Waals surface area contributed by atoms with Gasteiger partial charge in [0, 0.05) is 23.5 Å². The number of aromatic nitrogens is 4. The van der Waals surface area contributed by atoms with Crippen LogP contribution in [0.4, 0.5) is 14.5 Å². The number of benzene rings is 2. The van der Waals surface area contributed by atoms with E-state index in [0.717, 1.165) is 23.5 Å². The second-order valence-electron chi connectivity index (χ2n) is 7.28. The zero-order chi connectivity index (χ0) is 23.6. The molecular formula is C22H19F2N5O3S. The van der Waals surface area contributed by atoms with Crippen LogP contribution in [0.15, 0.2) is 60.9 Å². The molecule has 0 atom stereocenters. The third-order valence-corrected chi connectivity index (χ3v) is 6.01. The van der Waals surface area contributed by atoms with Gasteiger partial charge in [-0.15, -0.1) is 10.2 Å². The molecule has 0 spiro atoms. The molecule has 0 unspecified atom stereocenters. The first kappa shape index (κ1) is 22.3. The van der Waals surface area contributed by atoms with Crippen LogP contribution in [0.5, 0.6) is 11.6 Å². The first-order chi connectivity index (χ1) is 15.7. The summed E-state index contributed by atoms with van der Waals surface area (Å²) in [7, 11) is -3.88. The molecule has 0 saturated heterocycles. The van der Waals surface area contributed by atoms with E-state index in [1.165, 1.54) is 12.1 Å². The molecule has 33 heavy (non-hydrogen) atoms. The summed E-state index contributed by atoms with van der Waals surface area (Å²) in [6, 6.07) is 12.1. The fraction of sp³-hybridized carbons (Fsp3) is 0.136. The molecule has 0 aliphatic rings. The number of sulfonamides is 1. The first-order valence-electron chi connectivity index (χ1n) is 9.76. The summed E-state index contributed by atoms with van der Waals surface area (Å²) >= 11 is 0. The second-order valence-corrected chi connectivity index (χ2v) is 9.00. The number of aryl methyl sites for hydroxylation is 1. The van der Waals surface area contributed by atoms with Crippen molar-refractivity contribution >= 4 is 15.7 Å². The average molecular weight is 471 g/mol. The second kappa shape index (κ2) is 8.94. The minimum absolute atomic E-state index is 0.00280. The molecule has 0 saturated carbocycles. The SMILES string of the molecule is Cc1ncn(-c2ccc(Oc3ccc(NS(=O)(=O)Cc4cc(F)cc(F)c4)cc3)nn2)c1C. The number of rotatable bonds is 7. The molecule has 0 bridgehead atoms. The number of ether oxygens (including phenoxy) is 1. The van der Waals surface area contributed by atoms with Crippen molar-refractivity contribution in [3.63, 3.8) is 0 Å². The van der Waals surface area contributed by atoms with Gasteiger partial charge < -0.3 is 4.74 Å². The Labute approximate surface area is 188 Å². The summed E-state index contributed by atoms with van der Waals surface area (Å²) in [5.41, 5.74) is 2.13. The minimum Gasteiger partial charge on any atom is -0.438 e. The van der Waals surface area contributed by atoms with Gasteiger partial charge >= 0.3 is 0 Å². The zero-order valence-electron chi connectivity index (χ0n) is 17.7. The Bertz CT molecular complexity index is 1370. The van der Waals surface area contributed by atoms with Gasteiger partial charge in [-0.3, -0.25) is 9.29 Å². The molecule has 0 fully saturated rings. The molecule has 4 rings (SSSR count). The highest BCUT2D eigenvalue weighted by atomic mass is 32.2. The van der Waals surface area contributed by atoms with Gasteiger partial charge in [-0.1, -0.05) is 0 Å². The highest BCUT2D eigenvalue weighted by Crippen LogP contribution is 2.23. The van der Waals surface area contributed by atoms with Crippen LogP contribution in [0, 0.1) is 25.5 Å². The molecule has 0 aliphatic carbocycles.